The van der Waals surface area contributed by atoms with E-state index in [2.05, 4.69) is 0 Å². The summed E-state index contributed by atoms with van der Waals surface area (Å²) in [6.07, 6.45) is 0. The lowest BCUT2D eigenvalue weighted by Crippen LogP contribution is -2.16. The van der Waals surface area contributed by atoms with Crippen LogP contribution in [0, 0.1) is 0 Å². The van der Waals surface area contributed by atoms with Gasteiger partial charge in [-0.05, 0) is 101 Å². The molecule has 0 unspecified atom stereocenters. The van der Waals surface area contributed by atoms with Crippen LogP contribution in [0.2, 0.25) is 0 Å². The summed E-state index contributed by atoms with van der Waals surface area (Å²) in [5.74, 6) is 0. The molecule has 1 heterocycles. The quantitative estimate of drug-likeness (QED) is 0.174. The molecular weight excluding hydrogens is 581 g/mol. The van der Waals surface area contributed by atoms with Gasteiger partial charge in [0.25, 0.3) is 0 Å². The number of furan rings is 1. The Bertz CT molecular complexity index is 4350. The standard InChI is InChI=1S/C47H32O/c1-47(2)41-23-9-7-15-33(41)39-22-12-21-32(46(39)47)29-13-11-14-30(27-29)44-35-17-3-5-19-37(35)45(38-20-6-4-18-36(38)44)31-25-26-43-40(28-31)34-16-8-10-24-42(34)48-43/h3-28H,1-2H3/i1D3,2D3,3D,4D,5D,6D,7D,8D,9D,10D,11D,12D,13D,14D,15D,16D,17D,18D,19D,20D,21D,22D,23D,24D,25D,26D,27D,28D. The Kier molecular flexibility index (Phi) is 2.15. The van der Waals surface area contributed by atoms with Crippen molar-refractivity contribution < 1.29 is 48.3 Å². The molecule has 8 aromatic carbocycles. The normalized spacial score (nSPS) is 23.3. The van der Waals surface area contributed by atoms with E-state index in [0.29, 0.717) is 0 Å². The van der Waals surface area contributed by atoms with E-state index in [1.165, 1.54) is 0 Å². The van der Waals surface area contributed by atoms with Gasteiger partial charge in [-0.15, -0.1) is 0 Å². The van der Waals surface area contributed by atoms with Gasteiger partial charge in [0, 0.05) is 24.4 Å². The molecule has 1 aliphatic carbocycles. The molecule has 1 aliphatic rings. The molecule has 226 valence electrons. The van der Waals surface area contributed by atoms with Crippen molar-refractivity contribution in [3.8, 4) is 44.5 Å². The maximum Gasteiger partial charge on any atom is 0.135 e. The van der Waals surface area contributed by atoms with Crippen LogP contribution in [-0.4, -0.2) is 0 Å². The van der Waals surface area contributed by atoms with E-state index in [1.54, 1.807) is 0 Å². The van der Waals surface area contributed by atoms with Gasteiger partial charge in [0.1, 0.15) is 11.2 Å². The zero-order chi connectivity index (χ0) is 59.6. The highest BCUT2D eigenvalue weighted by molar-refractivity contribution is 6.22. The first kappa shape index (κ1) is 10.3. The van der Waals surface area contributed by atoms with Crippen LogP contribution in [0.25, 0.3) is 88.0 Å². The molecule has 0 saturated carbocycles. The molecule has 1 aromatic heterocycles. The highest BCUT2D eigenvalue weighted by Crippen LogP contribution is 2.52. The minimum absolute atomic E-state index is 0.486. The topological polar surface area (TPSA) is 13.1 Å². The van der Waals surface area contributed by atoms with Gasteiger partial charge >= 0.3 is 0 Å². The summed E-state index contributed by atoms with van der Waals surface area (Å²) in [7, 11) is 0. The van der Waals surface area contributed by atoms with Crippen molar-refractivity contribution >= 4 is 43.5 Å². The fourth-order valence-electron chi connectivity index (χ4n) is 6.21. The lowest BCUT2D eigenvalue weighted by Gasteiger charge is -2.25. The second-order valence-corrected chi connectivity index (χ2v) is 10.8. The second-order valence-electron chi connectivity index (χ2n) is 10.8. The van der Waals surface area contributed by atoms with Crippen molar-refractivity contribution in [3.63, 3.8) is 0 Å². The molecule has 1 nitrogen and oxygen atoms in total. The number of rotatable bonds is 3. The minimum Gasteiger partial charge on any atom is -0.456 e. The zero-order valence-corrected chi connectivity index (χ0v) is 23.9. The molecule has 0 amide bonds. The Labute approximate surface area is 324 Å². The predicted octanol–water partition coefficient (Wildman–Crippen LogP) is 13.2. The van der Waals surface area contributed by atoms with Gasteiger partial charge in [-0.3, -0.25) is 0 Å². The number of fused-ring (bicyclic) bond motifs is 8. The molecule has 48 heavy (non-hydrogen) atoms. The van der Waals surface area contributed by atoms with E-state index in [0.717, 1.165) is 0 Å². The van der Waals surface area contributed by atoms with E-state index >= 15 is 0 Å². The number of para-hydroxylation sites is 1. The fraction of sp³-hybridized carbons (Fsp3) is 0.0638. The average Bonchev–Trinajstić information content (AvgIpc) is 3.97. The highest BCUT2D eigenvalue weighted by Gasteiger charge is 2.37. The van der Waals surface area contributed by atoms with Crippen molar-refractivity contribution in [3.05, 3.63) is 168 Å². The van der Waals surface area contributed by atoms with E-state index in [1.807, 2.05) is 0 Å². The summed E-state index contributed by atoms with van der Waals surface area (Å²) in [6, 6.07) is -28.1. The van der Waals surface area contributed by atoms with Crippen LogP contribution < -0.4 is 0 Å². The van der Waals surface area contributed by atoms with Crippen LogP contribution in [0.4, 0.5) is 0 Å². The second kappa shape index (κ2) is 10.0. The van der Waals surface area contributed by atoms with E-state index < -0.39 is 275 Å². The SMILES string of the molecule is [2H]c1c([2H])c(-c2c([2H])c([2H])c([2H])c3c2C(C([2H])([2H])[2H])(C([2H])([2H])[2H])c2c([2H])c([2H])c([2H])c([2H])c2-3)c([2H])c(-c2c3c([2H])c([2H])c([2H])c([2H])c3c(-c3c([2H])c([2H])c4oc5c([2H])c([2H])c([2H])c([2H])c5c4c3[2H])c3c([2H])c([2H])c([2H])c([2H])c23)c1[2H]. The molecule has 0 radical (unpaired) electrons. The van der Waals surface area contributed by atoms with Crippen molar-refractivity contribution in [2.75, 3.05) is 0 Å². The molecule has 0 bridgehead atoms. The van der Waals surface area contributed by atoms with Gasteiger partial charge in [0.2, 0.25) is 0 Å². The van der Waals surface area contributed by atoms with E-state index in [9.17, 15) is 15.1 Å². The van der Waals surface area contributed by atoms with E-state index in [-0.39, 0.29) is 0 Å². The Morgan fingerprint density at radius 3 is 1.71 bits per heavy atom. The first-order valence-corrected chi connectivity index (χ1v) is 14.2. The van der Waals surface area contributed by atoms with Gasteiger partial charge in [0.15, 0.2) is 0 Å². The van der Waals surface area contributed by atoms with Crippen LogP contribution >= 0.6 is 0 Å². The Balaban J connectivity index is 1.51. The average molecular weight is 645 g/mol. The van der Waals surface area contributed by atoms with Gasteiger partial charge in [-0.25, -0.2) is 0 Å². The smallest absolute Gasteiger partial charge is 0.135 e. The summed E-state index contributed by atoms with van der Waals surface area (Å²) in [5.41, 5.74) is -15.2. The third kappa shape index (κ3) is 3.79. The first-order chi connectivity index (χ1) is 36.9. The first-order valence-electron chi connectivity index (χ1n) is 30.2. The van der Waals surface area contributed by atoms with Crippen molar-refractivity contribution in [2.45, 2.75) is 19.1 Å². The summed E-state index contributed by atoms with van der Waals surface area (Å²) in [6.45, 7) is -7.99. The molecule has 10 rings (SSSR count). The number of hydrogen-bond donors (Lipinski definition) is 0. The van der Waals surface area contributed by atoms with Crippen LogP contribution in [0.15, 0.2) is 162 Å². The van der Waals surface area contributed by atoms with Crippen LogP contribution in [-0.2, 0) is 5.41 Å². The molecule has 1 heteroatoms. The monoisotopic (exact) mass is 644 g/mol. The maximum absolute atomic E-state index is 10.1. The lowest BCUT2D eigenvalue weighted by atomic mass is 9.78. The molecule has 0 atom stereocenters. The molecule has 0 saturated heterocycles. The third-order valence-corrected chi connectivity index (χ3v) is 8.20. The number of hydrogen-bond acceptors (Lipinski definition) is 1. The fourth-order valence-corrected chi connectivity index (χ4v) is 6.21. The molecule has 0 fully saturated rings. The summed E-state index contributed by atoms with van der Waals surface area (Å²) >= 11 is 0. The molecule has 0 spiro atoms. The van der Waals surface area contributed by atoms with Crippen molar-refractivity contribution in [2.24, 2.45) is 0 Å². The maximum atomic E-state index is 10.1. The van der Waals surface area contributed by atoms with Gasteiger partial charge in [-0.2, -0.15) is 0 Å². The summed E-state index contributed by atoms with van der Waals surface area (Å²) in [5, 5.41) is -4.52. The highest BCUT2D eigenvalue weighted by atomic mass is 16.3. The number of benzene rings is 8. The van der Waals surface area contributed by atoms with Crippen molar-refractivity contribution in [1.82, 2.24) is 0 Å². The molecule has 9 aromatic rings. The molecule has 0 N–H and O–H groups in total. The van der Waals surface area contributed by atoms with Gasteiger partial charge in [-0.1, -0.05) is 147 Å². The Morgan fingerprint density at radius 2 is 0.979 bits per heavy atom. The van der Waals surface area contributed by atoms with Crippen LogP contribution in [0.5, 0.6) is 0 Å². The molecular formula is C47H32O. The third-order valence-electron chi connectivity index (χ3n) is 8.20. The summed E-state index contributed by atoms with van der Waals surface area (Å²) < 4.78 is 296. The van der Waals surface area contributed by atoms with Crippen LogP contribution in [0.1, 0.15) is 68.7 Å². The zero-order valence-electron chi connectivity index (χ0n) is 55.9. The molecule has 0 aliphatic heterocycles. The lowest BCUT2D eigenvalue weighted by molar-refractivity contribution is 0.662. The largest absolute Gasteiger partial charge is 0.456 e. The Morgan fingerprint density at radius 1 is 0.438 bits per heavy atom. The minimum atomic E-state index is -3.99. The summed E-state index contributed by atoms with van der Waals surface area (Å²) in [4.78, 5) is 0. The van der Waals surface area contributed by atoms with E-state index in [4.69, 9.17) is 33.2 Å². The van der Waals surface area contributed by atoms with Crippen molar-refractivity contribution in [1.29, 1.82) is 0 Å². The van der Waals surface area contributed by atoms with Crippen LogP contribution in [0.3, 0.4) is 0 Å². The van der Waals surface area contributed by atoms with Gasteiger partial charge in [0.05, 0.1) is 35.6 Å². The van der Waals surface area contributed by atoms with Gasteiger partial charge < -0.3 is 4.42 Å². The predicted molar refractivity (Wildman–Crippen MR) is 203 cm³/mol. The Hall–Kier alpha value is -5.92.